The van der Waals surface area contributed by atoms with E-state index in [9.17, 15) is 5.11 Å². The van der Waals surface area contributed by atoms with Crippen LogP contribution >= 0.6 is 11.3 Å². The molecule has 0 aliphatic rings. The summed E-state index contributed by atoms with van der Waals surface area (Å²) in [4.78, 5) is 7.96. The Kier molecular flexibility index (Phi) is 2.33. The van der Waals surface area contributed by atoms with Gasteiger partial charge < -0.3 is 5.11 Å². The zero-order valence-electron chi connectivity index (χ0n) is 6.79. The molecule has 13 heavy (non-hydrogen) atoms. The molecule has 4 heteroatoms. The van der Waals surface area contributed by atoms with Crippen molar-refractivity contribution in [2.24, 2.45) is 0 Å². The summed E-state index contributed by atoms with van der Waals surface area (Å²) >= 11 is 1.47. The van der Waals surface area contributed by atoms with Crippen molar-refractivity contribution in [3.63, 3.8) is 0 Å². The monoisotopic (exact) mass is 192 g/mol. The van der Waals surface area contributed by atoms with Gasteiger partial charge in [0, 0.05) is 23.3 Å². The maximum Gasteiger partial charge on any atom is 0.123 e. The number of hydrogen-bond donors (Lipinski definition) is 1. The molecule has 0 fully saturated rings. The highest BCUT2D eigenvalue weighted by atomic mass is 32.1. The van der Waals surface area contributed by atoms with Gasteiger partial charge in [0.25, 0.3) is 0 Å². The van der Waals surface area contributed by atoms with Gasteiger partial charge in [-0.1, -0.05) is 6.07 Å². The van der Waals surface area contributed by atoms with Gasteiger partial charge in [-0.25, -0.2) is 4.98 Å². The number of aliphatic hydroxyl groups is 1. The number of thiazole rings is 1. The number of hydrogen-bond acceptors (Lipinski definition) is 4. The van der Waals surface area contributed by atoms with Crippen molar-refractivity contribution >= 4 is 11.3 Å². The summed E-state index contributed by atoms with van der Waals surface area (Å²) in [6, 6.07) is 3.63. The highest BCUT2D eigenvalue weighted by molar-refractivity contribution is 7.07. The van der Waals surface area contributed by atoms with Crippen LogP contribution in [0.2, 0.25) is 0 Å². The van der Waals surface area contributed by atoms with Crippen LogP contribution in [-0.4, -0.2) is 15.1 Å². The molecule has 1 unspecified atom stereocenters. The molecule has 0 radical (unpaired) electrons. The lowest BCUT2D eigenvalue weighted by Crippen LogP contribution is -1.99. The molecule has 0 aliphatic heterocycles. The van der Waals surface area contributed by atoms with Gasteiger partial charge in [0.2, 0.25) is 0 Å². The lowest BCUT2D eigenvalue weighted by Gasteiger charge is -2.06. The van der Waals surface area contributed by atoms with Crippen molar-refractivity contribution < 1.29 is 5.11 Å². The molecule has 2 aromatic heterocycles. The Balaban J connectivity index is 2.29. The van der Waals surface area contributed by atoms with E-state index in [1.807, 2.05) is 11.4 Å². The number of rotatable bonds is 2. The van der Waals surface area contributed by atoms with Crippen LogP contribution in [0.25, 0.3) is 0 Å². The van der Waals surface area contributed by atoms with E-state index in [2.05, 4.69) is 9.97 Å². The molecule has 0 aliphatic carbocycles. The second-order valence-electron chi connectivity index (χ2n) is 2.60. The minimum atomic E-state index is -0.653. The summed E-state index contributed by atoms with van der Waals surface area (Å²) in [5.41, 5.74) is 3.15. The second-order valence-corrected chi connectivity index (χ2v) is 3.32. The first-order chi connectivity index (χ1) is 6.38. The Hall–Kier alpha value is -1.26. The summed E-state index contributed by atoms with van der Waals surface area (Å²) in [6.45, 7) is 0. The summed E-state index contributed by atoms with van der Waals surface area (Å²) < 4.78 is 0. The molecule has 0 bridgehead atoms. The van der Waals surface area contributed by atoms with Crippen LogP contribution in [0.3, 0.4) is 0 Å². The maximum atomic E-state index is 9.78. The number of nitrogens with zero attached hydrogens (tertiary/aromatic N) is 2. The van der Waals surface area contributed by atoms with Crippen LogP contribution in [0.15, 0.2) is 35.4 Å². The Bertz CT molecular complexity index is 360. The van der Waals surface area contributed by atoms with E-state index in [1.54, 1.807) is 24.0 Å². The number of aromatic nitrogens is 2. The molecule has 0 spiro atoms. The third-order valence-electron chi connectivity index (χ3n) is 1.73. The van der Waals surface area contributed by atoms with Crippen LogP contribution in [0, 0.1) is 0 Å². The van der Waals surface area contributed by atoms with Gasteiger partial charge in [-0.05, 0) is 6.07 Å². The van der Waals surface area contributed by atoms with Gasteiger partial charge >= 0.3 is 0 Å². The van der Waals surface area contributed by atoms with Crippen molar-refractivity contribution in [3.05, 3.63) is 46.7 Å². The van der Waals surface area contributed by atoms with Crippen molar-refractivity contribution in [2.75, 3.05) is 0 Å². The van der Waals surface area contributed by atoms with E-state index >= 15 is 0 Å². The first-order valence-corrected chi connectivity index (χ1v) is 4.78. The smallest absolute Gasteiger partial charge is 0.123 e. The summed E-state index contributed by atoms with van der Waals surface area (Å²) in [6.07, 6.45) is 2.67. The molecule has 0 saturated heterocycles. The van der Waals surface area contributed by atoms with Crippen LogP contribution < -0.4 is 0 Å². The fourth-order valence-corrected chi connectivity index (χ4v) is 1.64. The Morgan fingerprint density at radius 1 is 1.46 bits per heavy atom. The van der Waals surface area contributed by atoms with Crippen LogP contribution in [-0.2, 0) is 0 Å². The fourth-order valence-electron chi connectivity index (χ4n) is 1.07. The van der Waals surface area contributed by atoms with Crippen molar-refractivity contribution in [1.29, 1.82) is 0 Å². The highest BCUT2D eigenvalue weighted by Gasteiger charge is 2.11. The van der Waals surface area contributed by atoms with E-state index in [0.29, 0.717) is 5.69 Å². The molecule has 1 atom stereocenters. The number of aliphatic hydroxyl groups excluding tert-OH is 1. The SMILES string of the molecule is OC(c1cccnc1)c1cscn1. The topological polar surface area (TPSA) is 46.0 Å². The quantitative estimate of drug-likeness (QED) is 0.786. The lowest BCUT2D eigenvalue weighted by molar-refractivity contribution is 0.215. The third-order valence-corrected chi connectivity index (χ3v) is 2.34. The van der Waals surface area contributed by atoms with Gasteiger partial charge in [-0.3, -0.25) is 4.98 Å². The maximum absolute atomic E-state index is 9.78. The second kappa shape index (κ2) is 3.64. The molecule has 0 amide bonds. The van der Waals surface area contributed by atoms with Crippen molar-refractivity contribution in [3.8, 4) is 0 Å². The predicted octanol–water partition coefficient (Wildman–Crippen LogP) is 1.62. The minimum absolute atomic E-state index is 0.653. The van der Waals surface area contributed by atoms with Gasteiger partial charge in [-0.2, -0.15) is 0 Å². The zero-order valence-corrected chi connectivity index (χ0v) is 7.61. The van der Waals surface area contributed by atoms with Crippen molar-refractivity contribution in [1.82, 2.24) is 9.97 Å². The Morgan fingerprint density at radius 2 is 2.38 bits per heavy atom. The minimum Gasteiger partial charge on any atom is -0.382 e. The van der Waals surface area contributed by atoms with E-state index in [0.717, 1.165) is 5.56 Å². The molecule has 66 valence electrons. The zero-order chi connectivity index (χ0) is 9.10. The molecule has 0 saturated carbocycles. The molecule has 1 N–H and O–H groups in total. The van der Waals surface area contributed by atoms with E-state index < -0.39 is 6.10 Å². The molecule has 2 rings (SSSR count). The van der Waals surface area contributed by atoms with Crippen LogP contribution in [0.4, 0.5) is 0 Å². The van der Waals surface area contributed by atoms with E-state index in [1.165, 1.54) is 11.3 Å². The first-order valence-electron chi connectivity index (χ1n) is 3.84. The van der Waals surface area contributed by atoms with Gasteiger partial charge in [-0.15, -0.1) is 11.3 Å². The average Bonchev–Trinajstić information content (AvgIpc) is 2.71. The molecule has 2 aromatic rings. The van der Waals surface area contributed by atoms with Gasteiger partial charge in [0.05, 0.1) is 11.2 Å². The Morgan fingerprint density at radius 3 is 3.00 bits per heavy atom. The van der Waals surface area contributed by atoms with Crippen molar-refractivity contribution in [2.45, 2.75) is 6.10 Å². The Labute approximate surface area is 79.7 Å². The summed E-state index contributed by atoms with van der Waals surface area (Å²) in [5.74, 6) is 0. The molecule has 3 nitrogen and oxygen atoms in total. The van der Waals surface area contributed by atoms with Gasteiger partial charge in [0.15, 0.2) is 0 Å². The summed E-state index contributed by atoms with van der Waals surface area (Å²) in [7, 11) is 0. The molecular formula is C9H8N2OS. The predicted molar refractivity (Wildman–Crippen MR) is 50.4 cm³/mol. The highest BCUT2D eigenvalue weighted by Crippen LogP contribution is 2.19. The molecular weight excluding hydrogens is 184 g/mol. The molecule has 2 heterocycles. The summed E-state index contributed by atoms with van der Waals surface area (Å²) in [5, 5.41) is 11.6. The number of pyridine rings is 1. The van der Waals surface area contributed by atoms with E-state index in [4.69, 9.17) is 0 Å². The largest absolute Gasteiger partial charge is 0.382 e. The van der Waals surface area contributed by atoms with Crippen LogP contribution in [0.1, 0.15) is 17.4 Å². The lowest BCUT2D eigenvalue weighted by atomic mass is 10.1. The van der Waals surface area contributed by atoms with E-state index in [-0.39, 0.29) is 0 Å². The third kappa shape index (κ3) is 1.74. The average molecular weight is 192 g/mol. The molecule has 0 aromatic carbocycles. The normalized spacial score (nSPS) is 12.7. The standard InChI is InChI=1S/C9H8N2OS/c12-9(8-5-13-6-11-8)7-2-1-3-10-4-7/h1-6,9,12H. The van der Waals surface area contributed by atoms with Crippen LogP contribution in [0.5, 0.6) is 0 Å². The van der Waals surface area contributed by atoms with Gasteiger partial charge in [0.1, 0.15) is 6.10 Å². The first kappa shape index (κ1) is 8.34. The fraction of sp³-hybridized carbons (Fsp3) is 0.111.